The third-order valence-corrected chi connectivity index (χ3v) is 0.966. The SMILES string of the molecule is CC(C)(C)NCCCF. The molecular weight excluding hydrogens is 117 g/mol. The van der Waals surface area contributed by atoms with Gasteiger partial charge >= 0.3 is 0 Å². The molecule has 0 radical (unpaired) electrons. The normalized spacial score (nSPS) is 12.0. The molecule has 0 atom stereocenters. The van der Waals surface area contributed by atoms with Gasteiger partial charge in [0, 0.05) is 5.54 Å². The lowest BCUT2D eigenvalue weighted by Gasteiger charge is -2.19. The third-order valence-electron chi connectivity index (χ3n) is 0.966. The fourth-order valence-corrected chi connectivity index (χ4v) is 0.530. The Morgan fingerprint density at radius 2 is 1.89 bits per heavy atom. The lowest BCUT2D eigenvalue weighted by atomic mass is 10.1. The van der Waals surface area contributed by atoms with Crippen LogP contribution in [0.15, 0.2) is 0 Å². The Kier molecular flexibility index (Phi) is 3.78. The fourth-order valence-electron chi connectivity index (χ4n) is 0.530. The number of halogens is 1. The van der Waals surface area contributed by atoms with Gasteiger partial charge in [-0.2, -0.15) is 0 Å². The molecule has 1 nitrogen and oxygen atoms in total. The Labute approximate surface area is 56.6 Å². The van der Waals surface area contributed by atoms with Gasteiger partial charge in [-0.05, 0) is 33.7 Å². The van der Waals surface area contributed by atoms with Crippen LogP contribution >= 0.6 is 0 Å². The third kappa shape index (κ3) is 7.89. The van der Waals surface area contributed by atoms with Crippen molar-refractivity contribution < 1.29 is 4.39 Å². The summed E-state index contributed by atoms with van der Waals surface area (Å²) in [5.41, 5.74) is 0.134. The van der Waals surface area contributed by atoms with Gasteiger partial charge < -0.3 is 5.32 Å². The van der Waals surface area contributed by atoms with Crippen LogP contribution in [0.2, 0.25) is 0 Å². The summed E-state index contributed by atoms with van der Waals surface area (Å²) in [7, 11) is 0. The molecule has 1 N–H and O–H groups in total. The van der Waals surface area contributed by atoms with Crippen LogP contribution in [0.25, 0.3) is 0 Å². The molecule has 0 fully saturated rings. The van der Waals surface area contributed by atoms with Gasteiger partial charge in [0.05, 0.1) is 6.67 Å². The molecule has 0 amide bonds. The molecule has 0 bridgehead atoms. The molecule has 0 aliphatic rings. The second-order valence-electron chi connectivity index (χ2n) is 3.22. The largest absolute Gasteiger partial charge is 0.312 e. The van der Waals surface area contributed by atoms with Crippen LogP contribution in [0.4, 0.5) is 4.39 Å². The van der Waals surface area contributed by atoms with Crippen molar-refractivity contribution in [1.29, 1.82) is 0 Å². The zero-order valence-corrected chi connectivity index (χ0v) is 6.50. The summed E-state index contributed by atoms with van der Waals surface area (Å²) in [4.78, 5) is 0. The molecule has 0 saturated carbocycles. The predicted molar refractivity (Wildman–Crippen MR) is 38.3 cm³/mol. The van der Waals surface area contributed by atoms with Gasteiger partial charge in [0.25, 0.3) is 0 Å². The van der Waals surface area contributed by atoms with Crippen molar-refractivity contribution in [3.63, 3.8) is 0 Å². The molecule has 0 aliphatic heterocycles. The highest BCUT2D eigenvalue weighted by molar-refractivity contribution is 4.69. The van der Waals surface area contributed by atoms with Crippen molar-refractivity contribution in [1.82, 2.24) is 5.32 Å². The highest BCUT2D eigenvalue weighted by atomic mass is 19.1. The highest BCUT2D eigenvalue weighted by Crippen LogP contribution is 1.97. The first kappa shape index (κ1) is 8.89. The Morgan fingerprint density at radius 3 is 2.22 bits per heavy atom. The molecule has 0 aromatic carbocycles. The maximum absolute atomic E-state index is 11.5. The molecule has 0 aromatic heterocycles. The number of nitrogens with one attached hydrogen (secondary N) is 1. The highest BCUT2D eigenvalue weighted by Gasteiger charge is 2.06. The van der Waals surface area contributed by atoms with Gasteiger partial charge in [-0.25, -0.2) is 0 Å². The minimum atomic E-state index is -0.219. The van der Waals surface area contributed by atoms with Gasteiger partial charge in [-0.1, -0.05) is 0 Å². The maximum atomic E-state index is 11.5. The molecule has 0 aromatic rings. The van der Waals surface area contributed by atoms with E-state index in [2.05, 4.69) is 26.1 Å². The molecular formula is C7H16FN. The van der Waals surface area contributed by atoms with E-state index in [-0.39, 0.29) is 12.2 Å². The smallest absolute Gasteiger partial charge is 0.0906 e. The van der Waals surface area contributed by atoms with E-state index in [4.69, 9.17) is 0 Å². The summed E-state index contributed by atoms with van der Waals surface area (Å²) >= 11 is 0. The Bertz CT molecular complexity index is 65.8. The van der Waals surface area contributed by atoms with Crippen molar-refractivity contribution >= 4 is 0 Å². The zero-order valence-electron chi connectivity index (χ0n) is 6.50. The van der Waals surface area contributed by atoms with Crippen molar-refractivity contribution in [3.8, 4) is 0 Å². The standard InChI is InChI=1S/C7H16FN/c1-7(2,3)9-6-4-5-8/h9H,4-6H2,1-3H3. The van der Waals surface area contributed by atoms with E-state index >= 15 is 0 Å². The average Bonchev–Trinajstić information content (AvgIpc) is 1.63. The van der Waals surface area contributed by atoms with Crippen LogP contribution in [0, 0.1) is 0 Å². The van der Waals surface area contributed by atoms with Crippen molar-refractivity contribution in [3.05, 3.63) is 0 Å². The van der Waals surface area contributed by atoms with Crippen molar-refractivity contribution in [2.24, 2.45) is 0 Å². The molecule has 0 rings (SSSR count). The van der Waals surface area contributed by atoms with Crippen LogP contribution in [-0.4, -0.2) is 18.8 Å². The van der Waals surface area contributed by atoms with Crippen LogP contribution in [-0.2, 0) is 0 Å². The first-order chi connectivity index (χ1) is 4.06. The lowest BCUT2D eigenvalue weighted by molar-refractivity contribution is 0.392. The summed E-state index contributed by atoms with van der Waals surface area (Å²) in [6, 6.07) is 0. The quantitative estimate of drug-likeness (QED) is 0.578. The summed E-state index contributed by atoms with van der Waals surface area (Å²) in [5, 5.41) is 3.18. The number of hydrogen-bond acceptors (Lipinski definition) is 1. The summed E-state index contributed by atoms with van der Waals surface area (Å²) in [6.07, 6.45) is 0.622. The zero-order chi connectivity index (χ0) is 7.33. The summed E-state index contributed by atoms with van der Waals surface area (Å²) in [5.74, 6) is 0. The number of rotatable bonds is 3. The number of hydrogen-bond donors (Lipinski definition) is 1. The van der Waals surface area contributed by atoms with Gasteiger partial charge in [0.2, 0.25) is 0 Å². The Morgan fingerprint density at radius 1 is 1.33 bits per heavy atom. The molecule has 0 spiro atoms. The van der Waals surface area contributed by atoms with Gasteiger partial charge in [0.15, 0.2) is 0 Å². The minimum Gasteiger partial charge on any atom is -0.312 e. The van der Waals surface area contributed by atoms with E-state index < -0.39 is 0 Å². The molecule has 9 heavy (non-hydrogen) atoms. The summed E-state index contributed by atoms with van der Waals surface area (Å²) < 4.78 is 11.5. The van der Waals surface area contributed by atoms with Crippen LogP contribution < -0.4 is 5.32 Å². The maximum Gasteiger partial charge on any atom is 0.0906 e. The first-order valence-electron chi connectivity index (χ1n) is 3.37. The van der Waals surface area contributed by atoms with E-state index in [1.54, 1.807) is 0 Å². The molecule has 0 unspecified atom stereocenters. The Balaban J connectivity index is 3.07. The van der Waals surface area contributed by atoms with Crippen molar-refractivity contribution in [2.75, 3.05) is 13.2 Å². The Hall–Kier alpha value is -0.110. The molecule has 0 saturated heterocycles. The van der Waals surface area contributed by atoms with Crippen LogP contribution in [0.1, 0.15) is 27.2 Å². The monoisotopic (exact) mass is 133 g/mol. The summed E-state index contributed by atoms with van der Waals surface area (Å²) in [6.45, 7) is 6.78. The average molecular weight is 133 g/mol. The predicted octanol–water partition coefficient (Wildman–Crippen LogP) is 1.73. The molecule has 56 valence electrons. The molecule has 0 aliphatic carbocycles. The molecule has 2 heteroatoms. The van der Waals surface area contributed by atoms with Crippen molar-refractivity contribution in [2.45, 2.75) is 32.7 Å². The van der Waals surface area contributed by atoms with Gasteiger partial charge in [-0.3, -0.25) is 4.39 Å². The van der Waals surface area contributed by atoms with E-state index in [1.807, 2.05) is 0 Å². The van der Waals surface area contributed by atoms with Gasteiger partial charge in [-0.15, -0.1) is 0 Å². The lowest BCUT2D eigenvalue weighted by Crippen LogP contribution is -2.36. The van der Waals surface area contributed by atoms with Crippen LogP contribution in [0.5, 0.6) is 0 Å². The van der Waals surface area contributed by atoms with Crippen LogP contribution in [0.3, 0.4) is 0 Å². The second kappa shape index (κ2) is 3.83. The van der Waals surface area contributed by atoms with E-state index in [0.717, 1.165) is 6.54 Å². The van der Waals surface area contributed by atoms with E-state index in [0.29, 0.717) is 6.42 Å². The number of alkyl halides is 1. The first-order valence-corrected chi connectivity index (χ1v) is 3.37. The second-order valence-corrected chi connectivity index (χ2v) is 3.22. The molecule has 0 heterocycles. The minimum absolute atomic E-state index is 0.134. The van der Waals surface area contributed by atoms with E-state index in [1.165, 1.54) is 0 Å². The fraction of sp³-hybridized carbons (Fsp3) is 1.00. The van der Waals surface area contributed by atoms with E-state index in [9.17, 15) is 4.39 Å². The van der Waals surface area contributed by atoms with Gasteiger partial charge in [0.1, 0.15) is 0 Å². The topological polar surface area (TPSA) is 12.0 Å².